The first-order valence-corrected chi connectivity index (χ1v) is 6.72. The Morgan fingerprint density at radius 2 is 2.31 bits per heavy atom. The third-order valence-corrected chi connectivity index (χ3v) is 2.81. The first-order chi connectivity index (χ1) is 7.72. The Morgan fingerprint density at radius 1 is 1.50 bits per heavy atom. The highest BCUT2D eigenvalue weighted by molar-refractivity contribution is 8.13. The van der Waals surface area contributed by atoms with Gasteiger partial charge in [0.15, 0.2) is 0 Å². The molecule has 0 aliphatic heterocycles. The molecule has 0 saturated carbocycles. The fourth-order valence-electron chi connectivity index (χ4n) is 0.784. The highest BCUT2D eigenvalue weighted by atomic mass is 32.2. The number of aliphatic imine (C=N–C) groups is 1. The predicted molar refractivity (Wildman–Crippen MR) is 75.0 cm³/mol. The van der Waals surface area contributed by atoms with Crippen LogP contribution in [0.4, 0.5) is 0 Å². The fraction of sp³-hybridized carbons (Fsp3) is 0.300. The highest BCUT2D eigenvalue weighted by Crippen LogP contribution is 2.05. The van der Waals surface area contributed by atoms with Gasteiger partial charge in [0.05, 0.1) is 12.6 Å². The molecule has 1 heterocycles. The van der Waals surface area contributed by atoms with Crippen molar-refractivity contribution in [1.29, 1.82) is 0 Å². The summed E-state index contributed by atoms with van der Waals surface area (Å²) in [5.74, 6) is 0. The smallest absolute Gasteiger partial charge is 0.210 e. The monoisotopic (exact) mass is 254 g/mol. The van der Waals surface area contributed by atoms with Crippen molar-refractivity contribution < 1.29 is 0 Å². The average Bonchev–Trinajstić information content (AvgIpc) is 2.75. The van der Waals surface area contributed by atoms with Gasteiger partial charge >= 0.3 is 0 Å². The second kappa shape index (κ2) is 7.19. The first-order valence-electron chi connectivity index (χ1n) is 4.61. The topological polar surface area (TPSA) is 40.3 Å². The Hall–Kier alpha value is -1.14. The Balaban J connectivity index is 2.59. The van der Waals surface area contributed by atoms with Gasteiger partial charge in [-0.05, 0) is 17.7 Å². The summed E-state index contributed by atoms with van der Waals surface area (Å²) >= 11 is 3.09. The maximum atomic E-state index is 4.16. The Kier molecular flexibility index (Phi) is 5.81. The molecule has 4 nitrogen and oxygen atoms in total. The largest absolute Gasteiger partial charge is 0.369 e. The van der Waals surface area contributed by atoms with E-state index < -0.39 is 0 Å². The summed E-state index contributed by atoms with van der Waals surface area (Å²) < 4.78 is 0. The molecule has 0 N–H and O–H groups in total. The second-order valence-electron chi connectivity index (χ2n) is 3.05. The molecule has 0 spiro atoms. The van der Waals surface area contributed by atoms with E-state index in [1.54, 1.807) is 23.9 Å². The van der Waals surface area contributed by atoms with Gasteiger partial charge < -0.3 is 4.90 Å². The molecule has 1 aromatic rings. The van der Waals surface area contributed by atoms with Crippen LogP contribution in [0.3, 0.4) is 0 Å². The van der Waals surface area contributed by atoms with Gasteiger partial charge in [-0.3, -0.25) is 0 Å². The standard InChI is InChI=1S/C10H14N4S2/c1-14(2)8-11-10(15-3)13-12-7-9-5-4-6-16-9/h4-8H,1-3H3/b11-8+,12-7+,13-10-. The fourth-order valence-corrected chi connectivity index (χ4v) is 1.64. The number of hydrogen-bond donors (Lipinski definition) is 0. The normalized spacial score (nSPS) is 12.8. The van der Waals surface area contributed by atoms with Crippen molar-refractivity contribution in [3.05, 3.63) is 22.4 Å². The molecule has 0 aliphatic carbocycles. The van der Waals surface area contributed by atoms with Crippen LogP contribution in [0.1, 0.15) is 4.88 Å². The van der Waals surface area contributed by atoms with Gasteiger partial charge in [-0.2, -0.15) is 5.10 Å². The summed E-state index contributed by atoms with van der Waals surface area (Å²) in [6.45, 7) is 0. The minimum absolute atomic E-state index is 0.640. The summed E-state index contributed by atoms with van der Waals surface area (Å²) in [5, 5.41) is 10.6. The molecule has 0 saturated heterocycles. The van der Waals surface area contributed by atoms with Crippen LogP contribution >= 0.6 is 23.1 Å². The molecule has 0 bridgehead atoms. The third kappa shape index (κ3) is 5.09. The van der Waals surface area contributed by atoms with E-state index in [4.69, 9.17) is 0 Å². The minimum Gasteiger partial charge on any atom is -0.369 e. The lowest BCUT2D eigenvalue weighted by Gasteiger charge is -2.01. The number of thiophene rings is 1. The number of thioether (sulfide) groups is 1. The van der Waals surface area contributed by atoms with Crippen molar-refractivity contribution in [2.75, 3.05) is 20.4 Å². The summed E-state index contributed by atoms with van der Waals surface area (Å²) in [5.41, 5.74) is 0. The van der Waals surface area contributed by atoms with Crippen molar-refractivity contribution in [2.24, 2.45) is 15.2 Å². The second-order valence-corrected chi connectivity index (χ2v) is 4.81. The van der Waals surface area contributed by atoms with E-state index in [2.05, 4.69) is 15.2 Å². The summed E-state index contributed by atoms with van der Waals surface area (Å²) in [4.78, 5) is 7.10. The molecule has 86 valence electrons. The van der Waals surface area contributed by atoms with E-state index in [-0.39, 0.29) is 0 Å². The maximum Gasteiger partial charge on any atom is 0.210 e. The molecular weight excluding hydrogens is 240 g/mol. The van der Waals surface area contributed by atoms with Gasteiger partial charge in [0.2, 0.25) is 5.17 Å². The quantitative estimate of drug-likeness (QED) is 0.472. The molecule has 0 atom stereocenters. The molecular formula is C10H14N4S2. The van der Waals surface area contributed by atoms with Crippen LogP contribution in [0.2, 0.25) is 0 Å². The zero-order chi connectivity index (χ0) is 11.8. The molecule has 16 heavy (non-hydrogen) atoms. The molecule has 1 rings (SSSR count). The van der Waals surface area contributed by atoms with Gasteiger partial charge in [0.1, 0.15) is 0 Å². The molecule has 6 heteroatoms. The molecule has 0 unspecified atom stereocenters. The van der Waals surface area contributed by atoms with E-state index in [9.17, 15) is 0 Å². The molecule has 1 aromatic heterocycles. The van der Waals surface area contributed by atoms with Crippen molar-refractivity contribution in [2.45, 2.75) is 0 Å². The van der Waals surface area contributed by atoms with Gasteiger partial charge in [-0.1, -0.05) is 17.8 Å². The third-order valence-electron chi connectivity index (χ3n) is 1.45. The summed E-state index contributed by atoms with van der Waals surface area (Å²) in [7, 11) is 3.83. The SMILES string of the molecule is CSC(=N\N=C\c1cccs1)/N=C/N(C)C. The van der Waals surface area contributed by atoms with Crippen LogP contribution in [0.15, 0.2) is 32.7 Å². The molecule has 0 fully saturated rings. The number of hydrogen-bond acceptors (Lipinski definition) is 4. The zero-order valence-electron chi connectivity index (χ0n) is 9.49. The Bertz CT molecular complexity index is 380. The Morgan fingerprint density at radius 3 is 2.88 bits per heavy atom. The minimum atomic E-state index is 0.640. The molecule has 0 radical (unpaired) electrons. The predicted octanol–water partition coefficient (Wildman–Crippen LogP) is 2.39. The van der Waals surface area contributed by atoms with Crippen LogP contribution in [0.5, 0.6) is 0 Å². The van der Waals surface area contributed by atoms with Crippen LogP contribution < -0.4 is 0 Å². The molecule has 0 aromatic carbocycles. The van der Waals surface area contributed by atoms with Gasteiger partial charge in [-0.15, -0.1) is 16.4 Å². The average molecular weight is 254 g/mol. The summed E-state index contributed by atoms with van der Waals surface area (Å²) in [6, 6.07) is 3.97. The highest BCUT2D eigenvalue weighted by Gasteiger charge is 1.91. The molecule has 0 aliphatic rings. The van der Waals surface area contributed by atoms with Crippen molar-refractivity contribution in [3.63, 3.8) is 0 Å². The lowest BCUT2D eigenvalue weighted by atomic mass is 10.5. The van der Waals surface area contributed by atoms with E-state index in [1.165, 1.54) is 11.8 Å². The maximum absolute atomic E-state index is 4.16. The number of rotatable bonds is 3. The van der Waals surface area contributed by atoms with Crippen LogP contribution in [0.25, 0.3) is 0 Å². The van der Waals surface area contributed by atoms with Crippen LogP contribution in [-0.2, 0) is 0 Å². The van der Waals surface area contributed by atoms with Crippen LogP contribution in [-0.4, -0.2) is 43.0 Å². The van der Waals surface area contributed by atoms with E-state index in [0.29, 0.717) is 5.17 Å². The number of nitrogens with zero attached hydrogens (tertiary/aromatic N) is 4. The number of amidine groups is 1. The van der Waals surface area contributed by atoms with E-state index >= 15 is 0 Å². The van der Waals surface area contributed by atoms with Gasteiger partial charge in [0, 0.05) is 19.0 Å². The van der Waals surface area contributed by atoms with Gasteiger partial charge in [0.25, 0.3) is 0 Å². The van der Waals surface area contributed by atoms with E-state index in [1.807, 2.05) is 42.8 Å². The first kappa shape index (κ1) is 12.9. The lowest BCUT2D eigenvalue weighted by Crippen LogP contribution is -2.08. The summed E-state index contributed by atoms with van der Waals surface area (Å²) in [6.07, 6.45) is 5.36. The lowest BCUT2D eigenvalue weighted by molar-refractivity contribution is 0.644. The Labute approximate surface area is 104 Å². The van der Waals surface area contributed by atoms with Crippen molar-refractivity contribution in [3.8, 4) is 0 Å². The van der Waals surface area contributed by atoms with Crippen molar-refractivity contribution in [1.82, 2.24) is 4.90 Å². The van der Waals surface area contributed by atoms with Crippen molar-refractivity contribution >= 4 is 40.8 Å². The van der Waals surface area contributed by atoms with Gasteiger partial charge in [-0.25, -0.2) is 4.99 Å². The zero-order valence-corrected chi connectivity index (χ0v) is 11.1. The van der Waals surface area contributed by atoms with E-state index in [0.717, 1.165) is 4.88 Å². The molecule has 0 amide bonds. The van der Waals surface area contributed by atoms with Crippen LogP contribution in [0, 0.1) is 0 Å².